The van der Waals surface area contributed by atoms with Crippen LogP contribution < -0.4 is 4.74 Å². The molecule has 0 atom stereocenters. The standard InChI is InChI=1S/C32H43NO/c1-6-8-25(7-2)26-17-19-33(20-18-26)23-24-9-10-28-22-31(14-11-27(28)21-24)34-30-15-12-29(13-16-30)32(3,4)5/h6-11,14,21-22,26,29-30H,1-2,12-13,15-20,23H2,3-5H3/b25-8+. The van der Waals surface area contributed by atoms with Gasteiger partial charge in [-0.1, -0.05) is 70.4 Å². The second-order valence-electron chi connectivity index (χ2n) is 11.5. The molecule has 1 aliphatic heterocycles. The molecule has 182 valence electrons. The Morgan fingerprint density at radius 1 is 0.941 bits per heavy atom. The molecule has 2 aromatic carbocycles. The number of likely N-dealkylation sites (tertiary alicyclic amines) is 1. The molecular weight excluding hydrogens is 414 g/mol. The Labute approximate surface area is 207 Å². The van der Waals surface area contributed by atoms with Crippen LogP contribution >= 0.6 is 0 Å². The summed E-state index contributed by atoms with van der Waals surface area (Å²) in [4.78, 5) is 2.58. The first-order valence-electron chi connectivity index (χ1n) is 13.2. The molecule has 1 heterocycles. The summed E-state index contributed by atoms with van der Waals surface area (Å²) < 4.78 is 6.41. The van der Waals surface area contributed by atoms with Crippen LogP contribution in [-0.4, -0.2) is 24.1 Å². The molecule has 0 aromatic heterocycles. The van der Waals surface area contributed by atoms with Crippen LogP contribution in [0.15, 0.2) is 73.4 Å². The summed E-state index contributed by atoms with van der Waals surface area (Å²) >= 11 is 0. The van der Waals surface area contributed by atoms with E-state index >= 15 is 0 Å². The van der Waals surface area contributed by atoms with Gasteiger partial charge in [-0.15, -0.1) is 0 Å². The molecule has 2 aromatic rings. The third-order valence-corrected chi connectivity index (χ3v) is 8.09. The normalized spacial score (nSPS) is 23.1. The highest BCUT2D eigenvalue weighted by molar-refractivity contribution is 5.84. The number of hydrogen-bond acceptors (Lipinski definition) is 2. The molecule has 2 heteroatoms. The smallest absolute Gasteiger partial charge is 0.120 e. The second-order valence-corrected chi connectivity index (χ2v) is 11.5. The predicted octanol–water partition coefficient (Wildman–Crippen LogP) is 8.33. The van der Waals surface area contributed by atoms with Gasteiger partial charge in [0.2, 0.25) is 0 Å². The van der Waals surface area contributed by atoms with Gasteiger partial charge >= 0.3 is 0 Å². The van der Waals surface area contributed by atoms with Crippen LogP contribution in [0.5, 0.6) is 5.75 Å². The zero-order chi connectivity index (χ0) is 24.1. The van der Waals surface area contributed by atoms with Gasteiger partial charge in [0.05, 0.1) is 6.10 Å². The van der Waals surface area contributed by atoms with E-state index in [0.717, 1.165) is 31.3 Å². The molecule has 0 bridgehead atoms. The van der Waals surface area contributed by atoms with Crippen LogP contribution in [0.4, 0.5) is 0 Å². The Balaban J connectivity index is 1.32. The lowest BCUT2D eigenvalue weighted by molar-refractivity contribution is 0.0883. The van der Waals surface area contributed by atoms with Gasteiger partial charge in [0.25, 0.3) is 0 Å². The highest BCUT2D eigenvalue weighted by Crippen LogP contribution is 2.39. The molecule has 34 heavy (non-hydrogen) atoms. The lowest BCUT2D eigenvalue weighted by atomic mass is 9.72. The average Bonchev–Trinajstić information content (AvgIpc) is 2.83. The predicted molar refractivity (Wildman–Crippen MR) is 146 cm³/mol. The van der Waals surface area contributed by atoms with Crippen molar-refractivity contribution in [2.45, 2.75) is 71.9 Å². The Morgan fingerprint density at radius 3 is 2.26 bits per heavy atom. The van der Waals surface area contributed by atoms with Crippen molar-refractivity contribution >= 4 is 10.8 Å². The topological polar surface area (TPSA) is 12.5 Å². The number of ether oxygens (including phenoxy) is 1. The first kappa shape index (κ1) is 24.8. The molecule has 0 radical (unpaired) electrons. The SMILES string of the molecule is C=C/C=C(\C=C)C1CCN(Cc2ccc3cc(OC4CCC(C(C)(C)C)CC4)ccc3c2)CC1. The molecule has 0 N–H and O–H groups in total. The fourth-order valence-electron chi connectivity index (χ4n) is 5.87. The summed E-state index contributed by atoms with van der Waals surface area (Å²) in [6.45, 7) is 18.2. The van der Waals surface area contributed by atoms with Crippen molar-refractivity contribution < 1.29 is 4.74 Å². The van der Waals surface area contributed by atoms with Crippen molar-refractivity contribution in [2.75, 3.05) is 13.1 Å². The molecule has 1 saturated carbocycles. The minimum atomic E-state index is 0.362. The van der Waals surface area contributed by atoms with Crippen LogP contribution in [0, 0.1) is 17.3 Å². The molecular formula is C32H43NO. The quantitative estimate of drug-likeness (QED) is 0.387. The van der Waals surface area contributed by atoms with Crippen molar-refractivity contribution in [1.29, 1.82) is 0 Å². The Kier molecular flexibility index (Phi) is 7.99. The third kappa shape index (κ3) is 6.21. The molecule has 2 nitrogen and oxygen atoms in total. The summed E-state index contributed by atoms with van der Waals surface area (Å²) in [6, 6.07) is 13.5. The summed E-state index contributed by atoms with van der Waals surface area (Å²) in [5, 5.41) is 2.58. The van der Waals surface area contributed by atoms with Crippen molar-refractivity contribution in [1.82, 2.24) is 4.90 Å². The summed E-state index contributed by atoms with van der Waals surface area (Å²) in [5.74, 6) is 2.46. The van der Waals surface area contributed by atoms with Gasteiger partial charge in [-0.3, -0.25) is 4.90 Å². The van der Waals surface area contributed by atoms with Crippen LogP contribution in [0.1, 0.15) is 64.9 Å². The summed E-state index contributed by atoms with van der Waals surface area (Å²) in [6.07, 6.45) is 13.7. The first-order chi connectivity index (χ1) is 16.4. The van der Waals surface area contributed by atoms with E-state index in [0.29, 0.717) is 17.4 Å². The number of fused-ring (bicyclic) bond motifs is 1. The lowest BCUT2D eigenvalue weighted by Gasteiger charge is -2.37. The molecule has 2 aliphatic rings. The highest BCUT2D eigenvalue weighted by Gasteiger charge is 2.30. The van der Waals surface area contributed by atoms with Crippen LogP contribution in [0.3, 0.4) is 0 Å². The van der Waals surface area contributed by atoms with E-state index in [1.807, 2.05) is 12.2 Å². The third-order valence-electron chi connectivity index (χ3n) is 8.09. The van der Waals surface area contributed by atoms with Gasteiger partial charge in [0.15, 0.2) is 0 Å². The molecule has 2 fully saturated rings. The maximum Gasteiger partial charge on any atom is 0.120 e. The van der Waals surface area contributed by atoms with Crippen LogP contribution in [-0.2, 0) is 6.54 Å². The summed E-state index contributed by atoms with van der Waals surface area (Å²) in [5.41, 5.74) is 3.14. The highest BCUT2D eigenvalue weighted by atomic mass is 16.5. The fraction of sp³-hybridized carbons (Fsp3) is 0.500. The average molecular weight is 458 g/mol. The minimum absolute atomic E-state index is 0.362. The van der Waals surface area contributed by atoms with Crippen LogP contribution in [0.2, 0.25) is 0 Å². The van der Waals surface area contributed by atoms with E-state index < -0.39 is 0 Å². The van der Waals surface area contributed by atoms with E-state index in [1.165, 1.54) is 60.4 Å². The van der Waals surface area contributed by atoms with Crippen molar-refractivity contribution in [3.63, 3.8) is 0 Å². The number of benzene rings is 2. The number of allylic oxidation sites excluding steroid dienone is 4. The van der Waals surface area contributed by atoms with E-state index in [1.54, 1.807) is 0 Å². The number of piperidine rings is 1. The molecule has 1 saturated heterocycles. The van der Waals surface area contributed by atoms with Gasteiger partial charge in [-0.25, -0.2) is 0 Å². The maximum absolute atomic E-state index is 6.41. The zero-order valence-electron chi connectivity index (χ0n) is 21.6. The van der Waals surface area contributed by atoms with Gasteiger partial charge in [-0.2, -0.15) is 0 Å². The number of nitrogens with zero attached hydrogens (tertiary/aromatic N) is 1. The van der Waals surface area contributed by atoms with E-state index in [2.05, 4.69) is 81.3 Å². The van der Waals surface area contributed by atoms with Crippen molar-refractivity contribution in [3.05, 3.63) is 78.9 Å². The zero-order valence-corrected chi connectivity index (χ0v) is 21.6. The lowest BCUT2D eigenvalue weighted by Crippen LogP contribution is -2.33. The van der Waals surface area contributed by atoms with Crippen molar-refractivity contribution in [3.8, 4) is 5.75 Å². The monoisotopic (exact) mass is 457 g/mol. The maximum atomic E-state index is 6.41. The summed E-state index contributed by atoms with van der Waals surface area (Å²) in [7, 11) is 0. The Morgan fingerprint density at radius 2 is 1.62 bits per heavy atom. The largest absolute Gasteiger partial charge is 0.490 e. The Hall–Kier alpha value is -2.32. The minimum Gasteiger partial charge on any atom is -0.490 e. The van der Waals surface area contributed by atoms with Gasteiger partial charge in [0, 0.05) is 6.54 Å². The molecule has 0 amide bonds. The van der Waals surface area contributed by atoms with Gasteiger partial charge in [-0.05, 0) is 109 Å². The molecule has 0 spiro atoms. The van der Waals surface area contributed by atoms with Gasteiger partial charge < -0.3 is 4.74 Å². The van der Waals surface area contributed by atoms with E-state index in [-0.39, 0.29) is 0 Å². The van der Waals surface area contributed by atoms with Crippen LogP contribution in [0.25, 0.3) is 10.8 Å². The van der Waals surface area contributed by atoms with E-state index in [9.17, 15) is 0 Å². The van der Waals surface area contributed by atoms with Crippen molar-refractivity contribution in [2.24, 2.45) is 17.3 Å². The molecule has 0 unspecified atom stereocenters. The number of hydrogen-bond donors (Lipinski definition) is 0. The Bertz CT molecular complexity index is 1010. The number of rotatable bonds is 7. The molecule has 1 aliphatic carbocycles. The fourth-order valence-corrected chi connectivity index (χ4v) is 5.87. The second kappa shape index (κ2) is 11.0. The van der Waals surface area contributed by atoms with Gasteiger partial charge in [0.1, 0.15) is 5.75 Å². The first-order valence-corrected chi connectivity index (χ1v) is 13.2. The molecule has 4 rings (SSSR count). The van der Waals surface area contributed by atoms with E-state index in [4.69, 9.17) is 4.74 Å².